The van der Waals surface area contributed by atoms with E-state index in [4.69, 9.17) is 9.26 Å². The van der Waals surface area contributed by atoms with Crippen molar-refractivity contribution in [2.24, 2.45) is 0 Å². The molecule has 0 spiro atoms. The van der Waals surface area contributed by atoms with E-state index in [1.807, 2.05) is 79.2 Å². The Morgan fingerprint density at radius 2 is 1.77 bits per heavy atom. The number of hydrogen-bond donors (Lipinski definition) is 0. The van der Waals surface area contributed by atoms with Crippen LogP contribution >= 0.6 is 11.8 Å². The van der Waals surface area contributed by atoms with Crippen LogP contribution in [0.5, 0.6) is 0 Å². The minimum Gasteiger partial charge on any atom is -0.458 e. The van der Waals surface area contributed by atoms with Crippen molar-refractivity contribution in [2.45, 2.75) is 25.3 Å². The number of aromatic nitrogens is 3. The summed E-state index contributed by atoms with van der Waals surface area (Å²) in [5, 5.41) is 8.58. The summed E-state index contributed by atoms with van der Waals surface area (Å²) >= 11 is 1.43. The maximum absolute atomic E-state index is 12.2. The summed E-state index contributed by atoms with van der Waals surface area (Å²) in [6.07, 6.45) is 0. The van der Waals surface area contributed by atoms with Gasteiger partial charge in [0.1, 0.15) is 12.3 Å². The fourth-order valence-corrected chi connectivity index (χ4v) is 3.99. The molecule has 0 saturated carbocycles. The Labute approximate surface area is 178 Å². The van der Waals surface area contributed by atoms with Crippen LogP contribution in [0.1, 0.15) is 17.1 Å². The zero-order valence-electron chi connectivity index (χ0n) is 16.7. The van der Waals surface area contributed by atoms with E-state index in [0.717, 1.165) is 27.5 Å². The minimum absolute atomic E-state index is 0.0803. The van der Waals surface area contributed by atoms with Crippen molar-refractivity contribution in [1.82, 2.24) is 14.9 Å². The van der Waals surface area contributed by atoms with Crippen molar-refractivity contribution in [3.05, 3.63) is 83.8 Å². The average molecular weight is 420 g/mol. The fourth-order valence-electron chi connectivity index (χ4n) is 3.10. The first-order chi connectivity index (χ1) is 14.6. The number of aryl methyl sites for hydroxylation is 1. The van der Waals surface area contributed by atoms with Crippen LogP contribution in [0.2, 0.25) is 0 Å². The number of carbonyl (C=O) groups is 1. The molecular formula is C23H21N3O3S. The van der Waals surface area contributed by atoms with Gasteiger partial charge in [0.2, 0.25) is 0 Å². The maximum Gasteiger partial charge on any atom is 0.316 e. The standard InChI is InChI=1S/C23H21N3O3S/c1-16-23(17(2)26(24-16)20-11-7-4-8-12-20)30-15-22(27)28-14-19-13-21(29-25-19)18-9-5-3-6-10-18/h3-13H,14-15H2,1-2H3. The van der Waals surface area contributed by atoms with Crippen LogP contribution in [0.3, 0.4) is 0 Å². The molecule has 4 aromatic rings. The van der Waals surface area contributed by atoms with Gasteiger partial charge >= 0.3 is 5.97 Å². The number of nitrogens with zero attached hydrogens (tertiary/aromatic N) is 3. The highest BCUT2D eigenvalue weighted by molar-refractivity contribution is 8.00. The predicted molar refractivity (Wildman–Crippen MR) is 115 cm³/mol. The van der Waals surface area contributed by atoms with Crippen LogP contribution in [0, 0.1) is 13.8 Å². The number of hydrogen-bond acceptors (Lipinski definition) is 6. The summed E-state index contributed by atoms with van der Waals surface area (Å²) in [6, 6.07) is 21.4. The number of thioether (sulfide) groups is 1. The molecule has 2 aromatic carbocycles. The molecule has 30 heavy (non-hydrogen) atoms. The molecule has 0 aliphatic rings. The Hall–Kier alpha value is -3.32. The largest absolute Gasteiger partial charge is 0.458 e. The van der Waals surface area contributed by atoms with E-state index >= 15 is 0 Å². The van der Waals surface area contributed by atoms with Crippen LogP contribution < -0.4 is 0 Å². The van der Waals surface area contributed by atoms with Gasteiger partial charge in [0.25, 0.3) is 0 Å². The molecule has 0 fully saturated rings. The molecule has 4 rings (SSSR count). The molecule has 0 saturated heterocycles. The van der Waals surface area contributed by atoms with Gasteiger partial charge in [0.15, 0.2) is 5.76 Å². The molecule has 6 nitrogen and oxygen atoms in total. The third-order valence-electron chi connectivity index (χ3n) is 4.56. The quantitative estimate of drug-likeness (QED) is 0.311. The van der Waals surface area contributed by atoms with Crippen LogP contribution in [0.4, 0.5) is 0 Å². The second kappa shape index (κ2) is 9.00. The number of esters is 1. The lowest BCUT2D eigenvalue weighted by atomic mass is 10.2. The molecule has 0 bridgehead atoms. The van der Waals surface area contributed by atoms with Crippen molar-refractivity contribution < 1.29 is 14.1 Å². The first-order valence-electron chi connectivity index (χ1n) is 9.53. The Bertz CT molecular complexity index is 1140. The zero-order valence-corrected chi connectivity index (χ0v) is 17.6. The maximum atomic E-state index is 12.2. The smallest absolute Gasteiger partial charge is 0.316 e. The van der Waals surface area contributed by atoms with E-state index < -0.39 is 0 Å². The SMILES string of the molecule is Cc1nn(-c2ccccc2)c(C)c1SCC(=O)OCc1cc(-c2ccccc2)on1. The topological polar surface area (TPSA) is 70.2 Å². The number of para-hydroxylation sites is 1. The van der Waals surface area contributed by atoms with Crippen LogP contribution in [0.15, 0.2) is 76.1 Å². The third kappa shape index (κ3) is 4.46. The lowest BCUT2D eigenvalue weighted by Crippen LogP contribution is -2.07. The first-order valence-corrected chi connectivity index (χ1v) is 10.5. The van der Waals surface area contributed by atoms with Crippen molar-refractivity contribution in [1.29, 1.82) is 0 Å². The summed E-state index contributed by atoms with van der Waals surface area (Å²) in [5.41, 5.74) is 4.39. The average Bonchev–Trinajstić information content (AvgIpc) is 3.37. The van der Waals surface area contributed by atoms with Gasteiger partial charge in [-0.3, -0.25) is 4.79 Å². The molecule has 7 heteroatoms. The van der Waals surface area contributed by atoms with E-state index in [1.54, 1.807) is 6.07 Å². The van der Waals surface area contributed by atoms with Gasteiger partial charge in [-0.2, -0.15) is 5.10 Å². The molecular weight excluding hydrogens is 398 g/mol. The summed E-state index contributed by atoms with van der Waals surface area (Å²) in [5.74, 6) is 0.539. The Balaban J connectivity index is 1.34. The van der Waals surface area contributed by atoms with Crippen LogP contribution in [-0.4, -0.2) is 26.7 Å². The van der Waals surface area contributed by atoms with E-state index in [9.17, 15) is 4.79 Å². The summed E-state index contributed by atoms with van der Waals surface area (Å²) in [4.78, 5) is 13.2. The molecule has 0 atom stereocenters. The van der Waals surface area contributed by atoms with Gasteiger partial charge in [0.05, 0.1) is 27.7 Å². The molecule has 2 aromatic heterocycles. The summed E-state index contributed by atoms with van der Waals surface area (Å²) in [6.45, 7) is 4.03. The summed E-state index contributed by atoms with van der Waals surface area (Å²) < 4.78 is 12.6. The second-order valence-corrected chi connectivity index (χ2v) is 7.73. The van der Waals surface area contributed by atoms with E-state index in [1.165, 1.54) is 11.8 Å². The first kappa shape index (κ1) is 20.0. The molecule has 0 amide bonds. The predicted octanol–water partition coefficient (Wildman–Crippen LogP) is 4.98. The Morgan fingerprint density at radius 1 is 1.07 bits per heavy atom. The zero-order chi connectivity index (χ0) is 20.9. The number of ether oxygens (including phenoxy) is 1. The Morgan fingerprint density at radius 3 is 2.50 bits per heavy atom. The lowest BCUT2D eigenvalue weighted by Gasteiger charge is -2.05. The second-order valence-electron chi connectivity index (χ2n) is 6.75. The van der Waals surface area contributed by atoms with E-state index in [0.29, 0.717) is 11.5 Å². The molecule has 0 aliphatic carbocycles. The molecule has 0 radical (unpaired) electrons. The number of benzene rings is 2. The van der Waals surface area contributed by atoms with Crippen LogP contribution in [0.25, 0.3) is 17.0 Å². The van der Waals surface area contributed by atoms with E-state index in [2.05, 4.69) is 10.3 Å². The highest BCUT2D eigenvalue weighted by atomic mass is 32.2. The lowest BCUT2D eigenvalue weighted by molar-refractivity contribution is -0.141. The number of rotatable bonds is 7. The van der Waals surface area contributed by atoms with Crippen molar-refractivity contribution in [3.63, 3.8) is 0 Å². The van der Waals surface area contributed by atoms with Crippen molar-refractivity contribution in [2.75, 3.05) is 5.75 Å². The number of carbonyl (C=O) groups excluding carboxylic acids is 1. The Kier molecular flexibility index (Phi) is 5.99. The van der Waals surface area contributed by atoms with Gasteiger partial charge in [-0.05, 0) is 26.0 Å². The van der Waals surface area contributed by atoms with Gasteiger partial charge in [0, 0.05) is 11.6 Å². The molecule has 0 aliphatic heterocycles. The van der Waals surface area contributed by atoms with Gasteiger partial charge in [-0.15, -0.1) is 11.8 Å². The third-order valence-corrected chi connectivity index (χ3v) is 5.82. The highest BCUT2D eigenvalue weighted by Crippen LogP contribution is 2.28. The van der Waals surface area contributed by atoms with Crippen molar-refractivity contribution >= 4 is 17.7 Å². The fraction of sp³-hybridized carbons (Fsp3) is 0.174. The molecule has 0 unspecified atom stereocenters. The van der Waals surface area contributed by atoms with Gasteiger partial charge < -0.3 is 9.26 Å². The molecule has 0 N–H and O–H groups in total. The molecule has 152 valence electrons. The highest BCUT2D eigenvalue weighted by Gasteiger charge is 2.16. The van der Waals surface area contributed by atoms with Crippen LogP contribution in [-0.2, 0) is 16.1 Å². The monoisotopic (exact) mass is 419 g/mol. The normalized spacial score (nSPS) is 10.9. The van der Waals surface area contributed by atoms with Crippen molar-refractivity contribution in [3.8, 4) is 17.0 Å². The molecule has 2 heterocycles. The van der Waals surface area contributed by atoms with Gasteiger partial charge in [-0.25, -0.2) is 4.68 Å². The van der Waals surface area contributed by atoms with E-state index in [-0.39, 0.29) is 18.3 Å². The summed E-state index contributed by atoms with van der Waals surface area (Å²) in [7, 11) is 0. The van der Waals surface area contributed by atoms with Gasteiger partial charge in [-0.1, -0.05) is 53.7 Å². The minimum atomic E-state index is -0.310.